The maximum atomic E-state index is 12.3. The van der Waals surface area contributed by atoms with Crippen LogP contribution in [0.2, 0.25) is 0 Å². The van der Waals surface area contributed by atoms with Crippen LogP contribution in [0.1, 0.15) is 40.5 Å². The highest BCUT2D eigenvalue weighted by Crippen LogP contribution is 2.53. The maximum absolute atomic E-state index is 12.3. The number of amides is 1. The monoisotopic (exact) mass is 357 g/mol. The van der Waals surface area contributed by atoms with Crippen molar-refractivity contribution < 1.29 is 14.3 Å². The largest absolute Gasteiger partial charge is 0.449 e. The van der Waals surface area contributed by atoms with Crippen LogP contribution >= 0.6 is 0 Å². The van der Waals surface area contributed by atoms with Gasteiger partial charge < -0.3 is 9.47 Å². The predicted octanol–water partition coefficient (Wildman–Crippen LogP) is 5.27. The van der Waals surface area contributed by atoms with Crippen molar-refractivity contribution in [3.63, 3.8) is 0 Å². The van der Waals surface area contributed by atoms with Gasteiger partial charge in [0.15, 0.2) is 0 Å². The molecule has 0 unspecified atom stereocenters. The van der Waals surface area contributed by atoms with Gasteiger partial charge in [-0.15, -0.1) is 0 Å². The number of fused-ring (bicyclic) bond motifs is 2. The van der Waals surface area contributed by atoms with E-state index in [1.54, 1.807) is 0 Å². The zero-order valence-corrected chi connectivity index (χ0v) is 16.3. The van der Waals surface area contributed by atoms with Gasteiger partial charge in [-0.2, -0.15) is 0 Å². The summed E-state index contributed by atoms with van der Waals surface area (Å²) in [5.41, 5.74) is 2.02. The van der Waals surface area contributed by atoms with E-state index in [1.807, 2.05) is 30.3 Å². The second-order valence-electron chi connectivity index (χ2n) is 7.95. The van der Waals surface area contributed by atoms with Crippen molar-refractivity contribution in [2.45, 2.75) is 46.6 Å². The molecule has 26 heavy (non-hydrogen) atoms. The lowest BCUT2D eigenvalue weighted by Crippen LogP contribution is -2.56. The van der Waals surface area contributed by atoms with Crippen LogP contribution in [0.5, 0.6) is 0 Å². The summed E-state index contributed by atoms with van der Waals surface area (Å²) in [6.45, 7) is 9.99. The first-order chi connectivity index (χ1) is 12.5. The third kappa shape index (κ3) is 3.52. The Labute approximate surface area is 157 Å². The van der Waals surface area contributed by atoms with E-state index in [-0.39, 0.29) is 11.5 Å². The number of carbonyl (C=O) groups excluding carboxylic acids is 1. The standard InChI is InChI=1S/C22H31NO3/c1-5-9-19-20-15(2)12-16(3)22(13-25-19,17(20)4)14-26-21(24)23-18-10-7-6-8-11-18/h6-8,10-12,16-17,19-20H,5,9,13-14H2,1-4H3,(H,23,24)/t16-,17+,19+,20+,22+/m0/s1. The average molecular weight is 357 g/mol. The van der Waals surface area contributed by atoms with Gasteiger partial charge in [0, 0.05) is 17.0 Å². The lowest BCUT2D eigenvalue weighted by Gasteiger charge is -2.55. The molecular weight excluding hydrogens is 326 g/mol. The van der Waals surface area contributed by atoms with E-state index >= 15 is 0 Å². The van der Waals surface area contributed by atoms with Crippen LogP contribution < -0.4 is 5.32 Å². The first kappa shape index (κ1) is 19.0. The van der Waals surface area contributed by atoms with Crippen molar-refractivity contribution in [2.75, 3.05) is 18.5 Å². The quantitative estimate of drug-likeness (QED) is 0.730. The number of rotatable bonds is 5. The second-order valence-corrected chi connectivity index (χ2v) is 7.95. The number of carbonyl (C=O) groups is 1. The Bertz CT molecular complexity index is 657. The van der Waals surface area contributed by atoms with Crippen molar-refractivity contribution in [2.24, 2.45) is 23.2 Å². The third-order valence-electron chi connectivity index (χ3n) is 6.42. The fraction of sp³-hybridized carbons (Fsp3) is 0.591. The van der Waals surface area contributed by atoms with E-state index in [0.717, 1.165) is 18.5 Å². The molecule has 4 nitrogen and oxygen atoms in total. The Morgan fingerprint density at radius 3 is 2.73 bits per heavy atom. The van der Waals surface area contributed by atoms with Crippen molar-refractivity contribution in [1.82, 2.24) is 0 Å². The minimum atomic E-state index is -0.400. The molecule has 1 heterocycles. The molecule has 0 spiro atoms. The van der Waals surface area contributed by atoms with Crippen LogP contribution in [0.3, 0.4) is 0 Å². The molecule has 5 atom stereocenters. The summed E-state index contributed by atoms with van der Waals surface area (Å²) in [6.07, 6.45) is 4.46. The van der Waals surface area contributed by atoms with Crippen LogP contribution in [0.25, 0.3) is 0 Å². The van der Waals surface area contributed by atoms with E-state index in [9.17, 15) is 4.79 Å². The fourth-order valence-electron chi connectivity index (χ4n) is 4.81. The van der Waals surface area contributed by atoms with Gasteiger partial charge in [-0.25, -0.2) is 4.79 Å². The number of hydrogen-bond donors (Lipinski definition) is 1. The lowest BCUT2D eigenvalue weighted by atomic mass is 9.56. The lowest BCUT2D eigenvalue weighted by molar-refractivity contribution is -0.164. The van der Waals surface area contributed by atoms with Crippen molar-refractivity contribution in [3.8, 4) is 0 Å². The summed E-state index contributed by atoms with van der Waals surface area (Å²) in [5, 5.41) is 2.80. The highest BCUT2D eigenvalue weighted by atomic mass is 16.6. The molecule has 142 valence electrons. The number of para-hydroxylation sites is 1. The minimum Gasteiger partial charge on any atom is -0.449 e. The molecule has 0 saturated carbocycles. The molecule has 2 aliphatic rings. The van der Waals surface area contributed by atoms with E-state index in [1.165, 1.54) is 5.57 Å². The molecule has 0 aromatic heterocycles. The van der Waals surface area contributed by atoms with Gasteiger partial charge in [-0.05, 0) is 37.3 Å². The van der Waals surface area contributed by atoms with Crippen LogP contribution in [-0.4, -0.2) is 25.4 Å². The van der Waals surface area contributed by atoms with Gasteiger partial charge in [0.25, 0.3) is 0 Å². The van der Waals surface area contributed by atoms with Crippen LogP contribution in [0.15, 0.2) is 42.0 Å². The third-order valence-corrected chi connectivity index (χ3v) is 6.42. The molecular formula is C22H31NO3. The normalized spacial score (nSPS) is 33.3. The maximum Gasteiger partial charge on any atom is 0.411 e. The zero-order valence-electron chi connectivity index (χ0n) is 16.3. The summed E-state index contributed by atoms with van der Waals surface area (Å²) < 4.78 is 12.0. The Morgan fingerprint density at radius 2 is 2.04 bits per heavy atom. The van der Waals surface area contributed by atoms with Crippen LogP contribution in [0, 0.1) is 23.2 Å². The topological polar surface area (TPSA) is 47.6 Å². The predicted molar refractivity (Wildman–Crippen MR) is 104 cm³/mol. The molecule has 1 aliphatic carbocycles. The van der Waals surface area contributed by atoms with Gasteiger partial charge in [0.2, 0.25) is 0 Å². The smallest absolute Gasteiger partial charge is 0.411 e. The van der Waals surface area contributed by atoms with E-state index in [4.69, 9.17) is 9.47 Å². The summed E-state index contributed by atoms with van der Waals surface area (Å²) in [4.78, 5) is 12.3. The molecule has 4 heteroatoms. The average Bonchev–Trinajstić information content (AvgIpc) is 2.61. The number of allylic oxidation sites excluding steroid dienone is 1. The van der Waals surface area contributed by atoms with Gasteiger partial charge >= 0.3 is 6.09 Å². The van der Waals surface area contributed by atoms with Gasteiger partial charge in [0.1, 0.15) is 6.61 Å². The van der Waals surface area contributed by atoms with Crippen molar-refractivity contribution in [1.29, 1.82) is 0 Å². The summed E-state index contributed by atoms with van der Waals surface area (Å²) in [7, 11) is 0. The van der Waals surface area contributed by atoms with Gasteiger partial charge in [-0.3, -0.25) is 5.32 Å². The Morgan fingerprint density at radius 1 is 1.31 bits per heavy atom. The molecule has 0 radical (unpaired) electrons. The highest BCUT2D eigenvalue weighted by molar-refractivity contribution is 5.84. The Balaban J connectivity index is 1.71. The molecule has 1 N–H and O–H groups in total. The second kappa shape index (κ2) is 7.83. The first-order valence-electron chi connectivity index (χ1n) is 9.76. The summed E-state index contributed by atoms with van der Waals surface area (Å²) in [5.74, 6) is 1.17. The number of nitrogens with one attached hydrogen (secondary N) is 1. The summed E-state index contributed by atoms with van der Waals surface area (Å²) >= 11 is 0. The van der Waals surface area contributed by atoms with Crippen molar-refractivity contribution in [3.05, 3.63) is 42.0 Å². The zero-order chi connectivity index (χ0) is 18.7. The SMILES string of the molecule is CCC[C@H]1OC[C@]2(COC(=O)Nc3ccccc3)[C@H](C)[C@H]1C(C)=C[C@@H]2C. The Kier molecular flexibility index (Phi) is 5.71. The van der Waals surface area contributed by atoms with Crippen molar-refractivity contribution >= 4 is 11.8 Å². The molecule has 1 saturated heterocycles. The highest BCUT2D eigenvalue weighted by Gasteiger charge is 2.53. The van der Waals surface area contributed by atoms with Gasteiger partial charge in [-0.1, -0.05) is 57.0 Å². The molecule has 1 aromatic rings. The molecule has 1 aromatic carbocycles. The van der Waals surface area contributed by atoms with E-state index in [2.05, 4.69) is 39.1 Å². The molecule has 1 aliphatic heterocycles. The molecule has 2 bridgehead atoms. The Hall–Kier alpha value is -1.81. The molecule has 3 rings (SSSR count). The first-order valence-corrected chi connectivity index (χ1v) is 9.76. The van der Waals surface area contributed by atoms with Gasteiger partial charge in [0.05, 0.1) is 12.7 Å². The minimum absolute atomic E-state index is 0.150. The number of anilines is 1. The fourth-order valence-corrected chi connectivity index (χ4v) is 4.81. The van der Waals surface area contributed by atoms with E-state index < -0.39 is 6.09 Å². The molecule has 1 amide bonds. The van der Waals surface area contributed by atoms with E-state index in [0.29, 0.717) is 31.0 Å². The summed E-state index contributed by atoms with van der Waals surface area (Å²) in [6, 6.07) is 9.40. The number of ether oxygens (including phenoxy) is 2. The van der Waals surface area contributed by atoms with Crippen LogP contribution in [-0.2, 0) is 9.47 Å². The number of benzene rings is 1. The molecule has 1 fully saturated rings. The number of hydrogen-bond acceptors (Lipinski definition) is 3. The van der Waals surface area contributed by atoms with Crippen LogP contribution in [0.4, 0.5) is 10.5 Å².